The van der Waals surface area contributed by atoms with Gasteiger partial charge in [-0.25, -0.2) is 4.39 Å². The molecule has 7 heteroatoms. The van der Waals surface area contributed by atoms with Crippen LogP contribution in [-0.2, 0) is 6.42 Å². The molecule has 0 aliphatic carbocycles. The second-order valence-corrected chi connectivity index (χ2v) is 6.85. The molecule has 1 atom stereocenters. The van der Waals surface area contributed by atoms with Gasteiger partial charge in [0.25, 0.3) is 0 Å². The van der Waals surface area contributed by atoms with Crippen molar-refractivity contribution < 1.29 is 9.13 Å². The summed E-state index contributed by atoms with van der Waals surface area (Å²) in [6, 6.07) is 10.8. The average Bonchev–Trinajstić information content (AvgIpc) is 3.25. The topological polar surface area (TPSA) is 62.8 Å². The van der Waals surface area contributed by atoms with Gasteiger partial charge >= 0.3 is 0 Å². The number of rotatable bonds is 7. The lowest BCUT2D eigenvalue weighted by Gasteiger charge is -2.14. The van der Waals surface area contributed by atoms with Crippen LogP contribution in [0.1, 0.15) is 12.5 Å². The van der Waals surface area contributed by atoms with E-state index in [-0.39, 0.29) is 11.9 Å². The first kappa shape index (κ1) is 16.9. The summed E-state index contributed by atoms with van der Waals surface area (Å²) in [7, 11) is 0. The van der Waals surface area contributed by atoms with Crippen LogP contribution < -0.4 is 10.1 Å². The van der Waals surface area contributed by atoms with Gasteiger partial charge in [0.1, 0.15) is 29.2 Å². The molecule has 2 N–H and O–H groups in total. The SMILES string of the molecule is CC(Cc1c[nH]c2ccc(F)cc12)NCCOc1ccc2nsnc2c1. The van der Waals surface area contributed by atoms with Crippen molar-refractivity contribution in [3.8, 4) is 5.75 Å². The highest BCUT2D eigenvalue weighted by molar-refractivity contribution is 7.00. The van der Waals surface area contributed by atoms with E-state index in [9.17, 15) is 4.39 Å². The van der Waals surface area contributed by atoms with Crippen molar-refractivity contribution in [2.45, 2.75) is 19.4 Å². The van der Waals surface area contributed by atoms with Crippen LogP contribution in [0.3, 0.4) is 0 Å². The lowest BCUT2D eigenvalue weighted by molar-refractivity contribution is 0.307. The number of H-pyrrole nitrogens is 1. The van der Waals surface area contributed by atoms with E-state index in [4.69, 9.17) is 4.74 Å². The van der Waals surface area contributed by atoms with E-state index in [1.165, 1.54) is 17.8 Å². The first-order chi connectivity index (χ1) is 12.7. The van der Waals surface area contributed by atoms with Gasteiger partial charge in [-0.2, -0.15) is 8.75 Å². The molecule has 1 unspecified atom stereocenters. The van der Waals surface area contributed by atoms with Gasteiger partial charge in [-0.15, -0.1) is 0 Å². The Labute approximate surface area is 154 Å². The summed E-state index contributed by atoms with van der Waals surface area (Å²) in [5.41, 5.74) is 3.83. The Kier molecular flexibility index (Phi) is 4.81. The molecule has 0 aliphatic heterocycles. The minimum atomic E-state index is -0.209. The molecule has 2 aromatic carbocycles. The number of fused-ring (bicyclic) bond motifs is 2. The van der Waals surface area contributed by atoms with Crippen molar-refractivity contribution >= 4 is 33.7 Å². The number of hydrogen-bond acceptors (Lipinski definition) is 5. The van der Waals surface area contributed by atoms with Gasteiger partial charge in [-0.05, 0) is 49.2 Å². The van der Waals surface area contributed by atoms with Crippen LogP contribution in [0, 0.1) is 5.82 Å². The fourth-order valence-corrected chi connectivity index (χ4v) is 3.56. The summed E-state index contributed by atoms with van der Waals surface area (Å²) in [5, 5.41) is 4.39. The van der Waals surface area contributed by atoms with Crippen LogP contribution in [0.4, 0.5) is 4.39 Å². The predicted molar refractivity (Wildman–Crippen MR) is 102 cm³/mol. The third-order valence-corrected chi connectivity index (χ3v) is 4.90. The summed E-state index contributed by atoms with van der Waals surface area (Å²) in [6.07, 6.45) is 2.77. The zero-order valence-electron chi connectivity index (χ0n) is 14.3. The fourth-order valence-electron chi connectivity index (χ4n) is 3.05. The minimum absolute atomic E-state index is 0.209. The Bertz CT molecular complexity index is 1030. The molecule has 4 rings (SSSR count). The predicted octanol–water partition coefficient (Wildman–Crippen LogP) is 3.91. The van der Waals surface area contributed by atoms with Crippen LogP contribution in [0.2, 0.25) is 0 Å². The van der Waals surface area contributed by atoms with Crippen molar-refractivity contribution in [3.63, 3.8) is 0 Å². The van der Waals surface area contributed by atoms with Gasteiger partial charge in [-0.1, -0.05) is 0 Å². The van der Waals surface area contributed by atoms with Crippen LogP contribution in [0.5, 0.6) is 5.75 Å². The number of nitrogens with zero attached hydrogens (tertiary/aromatic N) is 2. The zero-order chi connectivity index (χ0) is 17.9. The molecule has 2 aromatic heterocycles. The van der Waals surface area contributed by atoms with E-state index in [1.54, 1.807) is 12.1 Å². The zero-order valence-corrected chi connectivity index (χ0v) is 15.1. The molecule has 0 bridgehead atoms. The summed E-state index contributed by atoms with van der Waals surface area (Å²) in [6.45, 7) is 3.41. The lowest BCUT2D eigenvalue weighted by atomic mass is 10.1. The molecule has 0 fully saturated rings. The fraction of sp³-hybridized carbons (Fsp3) is 0.263. The van der Waals surface area contributed by atoms with Crippen molar-refractivity contribution in [2.75, 3.05) is 13.2 Å². The van der Waals surface area contributed by atoms with E-state index in [0.29, 0.717) is 6.61 Å². The third-order valence-electron chi connectivity index (χ3n) is 4.34. The molecule has 26 heavy (non-hydrogen) atoms. The lowest BCUT2D eigenvalue weighted by Crippen LogP contribution is -2.31. The van der Waals surface area contributed by atoms with Crippen molar-refractivity contribution in [3.05, 3.63) is 54.0 Å². The van der Waals surface area contributed by atoms with Crippen molar-refractivity contribution in [1.82, 2.24) is 19.0 Å². The maximum Gasteiger partial charge on any atom is 0.123 e. The summed E-state index contributed by atoms with van der Waals surface area (Å²) >= 11 is 1.20. The molecule has 134 valence electrons. The highest BCUT2D eigenvalue weighted by Crippen LogP contribution is 2.21. The Balaban J connectivity index is 1.28. The summed E-state index contributed by atoms with van der Waals surface area (Å²) in [4.78, 5) is 3.19. The number of benzene rings is 2. The molecular formula is C19H19FN4OS. The number of nitrogens with one attached hydrogen (secondary N) is 2. The first-order valence-corrected chi connectivity index (χ1v) is 9.26. The third kappa shape index (κ3) is 3.68. The molecular weight excluding hydrogens is 351 g/mol. The summed E-state index contributed by atoms with van der Waals surface area (Å²) < 4.78 is 27.6. The minimum Gasteiger partial charge on any atom is -0.492 e. The van der Waals surface area contributed by atoms with Crippen LogP contribution in [-0.4, -0.2) is 32.9 Å². The standard InChI is InChI=1S/C19H19FN4OS/c1-12(8-13-11-22-17-4-2-14(20)9-16(13)17)21-6-7-25-15-3-5-18-19(10-15)24-26-23-18/h2-5,9-12,21-22H,6-8H2,1H3. The Morgan fingerprint density at radius 3 is 3.00 bits per heavy atom. The number of hydrogen-bond donors (Lipinski definition) is 2. The van der Waals surface area contributed by atoms with Gasteiger partial charge in [0, 0.05) is 35.8 Å². The van der Waals surface area contributed by atoms with Gasteiger partial charge in [0.2, 0.25) is 0 Å². The smallest absolute Gasteiger partial charge is 0.123 e. The molecule has 0 radical (unpaired) electrons. The normalized spacial score (nSPS) is 12.7. The number of aromatic nitrogens is 3. The van der Waals surface area contributed by atoms with E-state index >= 15 is 0 Å². The van der Waals surface area contributed by atoms with Crippen molar-refractivity contribution in [1.29, 1.82) is 0 Å². The molecule has 0 saturated heterocycles. The molecule has 2 heterocycles. The molecule has 0 aliphatic rings. The quantitative estimate of drug-likeness (QED) is 0.484. The number of aromatic amines is 1. The van der Waals surface area contributed by atoms with Crippen LogP contribution in [0.15, 0.2) is 42.6 Å². The number of halogens is 1. The molecule has 0 amide bonds. The highest BCUT2D eigenvalue weighted by atomic mass is 32.1. The van der Waals surface area contributed by atoms with Gasteiger partial charge in [0.05, 0.1) is 11.7 Å². The van der Waals surface area contributed by atoms with Crippen LogP contribution in [0.25, 0.3) is 21.9 Å². The highest BCUT2D eigenvalue weighted by Gasteiger charge is 2.09. The second-order valence-electron chi connectivity index (χ2n) is 6.33. The Morgan fingerprint density at radius 2 is 2.08 bits per heavy atom. The van der Waals surface area contributed by atoms with E-state index < -0.39 is 0 Å². The van der Waals surface area contributed by atoms with Gasteiger partial charge in [-0.3, -0.25) is 0 Å². The monoisotopic (exact) mass is 370 g/mol. The van der Waals surface area contributed by atoms with Gasteiger partial charge < -0.3 is 15.0 Å². The van der Waals surface area contributed by atoms with E-state index in [1.807, 2.05) is 24.4 Å². The molecule has 0 saturated carbocycles. The molecule has 5 nitrogen and oxygen atoms in total. The second kappa shape index (κ2) is 7.39. The molecule has 4 aromatic rings. The Hall–Kier alpha value is -2.51. The largest absolute Gasteiger partial charge is 0.492 e. The van der Waals surface area contributed by atoms with E-state index in [2.05, 4.69) is 26.0 Å². The maximum absolute atomic E-state index is 13.5. The first-order valence-electron chi connectivity index (χ1n) is 8.53. The van der Waals surface area contributed by atoms with Gasteiger partial charge in [0.15, 0.2) is 0 Å². The summed E-state index contributed by atoms with van der Waals surface area (Å²) in [5.74, 6) is 0.589. The molecule has 0 spiro atoms. The maximum atomic E-state index is 13.5. The van der Waals surface area contributed by atoms with Crippen molar-refractivity contribution in [2.24, 2.45) is 0 Å². The van der Waals surface area contributed by atoms with E-state index in [0.717, 1.165) is 46.2 Å². The number of ether oxygens (including phenoxy) is 1. The Morgan fingerprint density at radius 1 is 1.19 bits per heavy atom. The average molecular weight is 370 g/mol. The van der Waals surface area contributed by atoms with Crippen LogP contribution >= 0.6 is 11.7 Å².